The maximum atomic E-state index is 12.9. The zero-order valence-electron chi connectivity index (χ0n) is 15.1. The number of carbonyl (C=O) groups excluding carboxylic acids is 2. The number of carbonyl (C=O) groups is 2. The minimum absolute atomic E-state index is 0.0944. The average Bonchev–Trinajstić information content (AvgIpc) is 2.69. The van der Waals surface area contributed by atoms with Crippen molar-refractivity contribution in [3.8, 4) is 0 Å². The van der Waals surface area contributed by atoms with Crippen molar-refractivity contribution in [1.82, 2.24) is 16.0 Å². The van der Waals surface area contributed by atoms with Gasteiger partial charge in [0, 0.05) is 29.6 Å². The first-order chi connectivity index (χ1) is 13.1. The molecule has 0 bridgehead atoms. The van der Waals surface area contributed by atoms with Crippen molar-refractivity contribution >= 4 is 23.4 Å². The summed E-state index contributed by atoms with van der Waals surface area (Å²) in [5.41, 5.74) is 1.47. The lowest BCUT2D eigenvalue weighted by Gasteiger charge is -2.26. The van der Waals surface area contributed by atoms with Gasteiger partial charge in [0.25, 0.3) is 5.91 Å². The molecule has 0 spiro atoms. The van der Waals surface area contributed by atoms with E-state index in [9.17, 15) is 9.59 Å². The van der Waals surface area contributed by atoms with Gasteiger partial charge in [-0.1, -0.05) is 41.9 Å². The van der Waals surface area contributed by atoms with Crippen molar-refractivity contribution in [3.05, 3.63) is 70.7 Å². The Labute approximate surface area is 164 Å². The van der Waals surface area contributed by atoms with Crippen LogP contribution in [0.2, 0.25) is 5.02 Å². The van der Waals surface area contributed by atoms with E-state index in [2.05, 4.69) is 16.0 Å². The fraction of sp³-hybridized carbons (Fsp3) is 0.333. The van der Waals surface area contributed by atoms with Gasteiger partial charge in [0.1, 0.15) is 6.04 Å². The van der Waals surface area contributed by atoms with Crippen LogP contribution in [0.3, 0.4) is 0 Å². The summed E-state index contributed by atoms with van der Waals surface area (Å²) in [5.74, 6) is -0.445. The summed E-state index contributed by atoms with van der Waals surface area (Å²) < 4.78 is 0. The van der Waals surface area contributed by atoms with Crippen molar-refractivity contribution in [2.45, 2.75) is 31.3 Å². The second-order valence-electron chi connectivity index (χ2n) is 6.77. The highest BCUT2D eigenvalue weighted by Gasteiger charge is 2.25. The first-order valence-electron chi connectivity index (χ1n) is 9.23. The normalized spacial score (nSPS) is 17.7. The van der Waals surface area contributed by atoms with Crippen LogP contribution in [0.25, 0.3) is 0 Å². The third kappa shape index (κ3) is 5.81. The van der Waals surface area contributed by atoms with Gasteiger partial charge in [-0.15, -0.1) is 0 Å². The summed E-state index contributed by atoms with van der Waals surface area (Å²) >= 11 is 5.89. The molecule has 2 aromatic carbocycles. The number of amides is 2. The van der Waals surface area contributed by atoms with Gasteiger partial charge in [-0.2, -0.15) is 0 Å². The molecule has 1 aliphatic heterocycles. The molecular formula is C21H24ClN3O2. The molecule has 3 N–H and O–H groups in total. The monoisotopic (exact) mass is 385 g/mol. The van der Waals surface area contributed by atoms with Crippen molar-refractivity contribution in [2.75, 3.05) is 13.1 Å². The Kier molecular flexibility index (Phi) is 6.85. The highest BCUT2D eigenvalue weighted by atomic mass is 35.5. The van der Waals surface area contributed by atoms with Crippen LogP contribution in [0.15, 0.2) is 54.6 Å². The van der Waals surface area contributed by atoms with Crippen LogP contribution in [0, 0.1) is 0 Å². The standard InChI is InChI=1S/C21H24ClN3O2/c22-17-10-8-16(9-11-17)20(26)25-19(13-15-5-2-1-3-6-15)21(27)24-18-7-4-12-23-14-18/h1-3,5-6,8-11,18-19,23H,4,7,12-14H2,(H,24,27)(H,25,26)/t18-,19-/m0/s1. The summed E-state index contributed by atoms with van der Waals surface area (Å²) in [6.07, 6.45) is 2.42. The van der Waals surface area contributed by atoms with Gasteiger partial charge >= 0.3 is 0 Å². The van der Waals surface area contributed by atoms with E-state index in [4.69, 9.17) is 11.6 Å². The van der Waals surface area contributed by atoms with Crippen LogP contribution in [0.4, 0.5) is 0 Å². The van der Waals surface area contributed by atoms with E-state index in [-0.39, 0.29) is 17.9 Å². The first-order valence-corrected chi connectivity index (χ1v) is 9.61. The molecule has 1 fully saturated rings. The molecule has 0 aliphatic carbocycles. The summed E-state index contributed by atoms with van der Waals surface area (Å²) in [6.45, 7) is 1.74. The third-order valence-electron chi connectivity index (χ3n) is 4.65. The minimum Gasteiger partial charge on any atom is -0.350 e. The highest BCUT2D eigenvalue weighted by Crippen LogP contribution is 2.11. The number of hydrogen-bond donors (Lipinski definition) is 3. The molecule has 1 aliphatic rings. The smallest absolute Gasteiger partial charge is 0.251 e. The molecular weight excluding hydrogens is 362 g/mol. The first kappa shape index (κ1) is 19.4. The summed E-state index contributed by atoms with van der Waals surface area (Å²) in [6, 6.07) is 15.8. The Morgan fingerprint density at radius 3 is 2.52 bits per heavy atom. The molecule has 1 saturated heterocycles. The van der Waals surface area contributed by atoms with Crippen LogP contribution in [-0.2, 0) is 11.2 Å². The Bertz CT molecular complexity index is 759. The Morgan fingerprint density at radius 1 is 1.11 bits per heavy atom. The predicted octanol–water partition coefficient (Wildman–Crippen LogP) is 2.55. The summed E-state index contributed by atoms with van der Waals surface area (Å²) in [4.78, 5) is 25.5. The van der Waals surface area contributed by atoms with Gasteiger partial charge < -0.3 is 16.0 Å². The second kappa shape index (κ2) is 9.53. The lowest BCUT2D eigenvalue weighted by Crippen LogP contribution is -2.53. The summed E-state index contributed by atoms with van der Waals surface area (Å²) in [7, 11) is 0. The minimum atomic E-state index is -0.641. The molecule has 6 heteroatoms. The van der Waals surface area contributed by atoms with Crippen LogP contribution in [0.5, 0.6) is 0 Å². The van der Waals surface area contributed by atoms with Gasteiger partial charge in [-0.25, -0.2) is 0 Å². The molecule has 0 aromatic heterocycles. The Morgan fingerprint density at radius 2 is 1.85 bits per heavy atom. The van der Waals surface area contributed by atoms with Crippen LogP contribution < -0.4 is 16.0 Å². The lowest BCUT2D eigenvalue weighted by atomic mass is 10.0. The maximum absolute atomic E-state index is 12.9. The van der Waals surface area contributed by atoms with E-state index >= 15 is 0 Å². The van der Waals surface area contributed by atoms with Gasteiger partial charge in [-0.3, -0.25) is 9.59 Å². The molecule has 5 nitrogen and oxygen atoms in total. The zero-order chi connectivity index (χ0) is 19.1. The SMILES string of the molecule is O=C(N[C@@H](Cc1ccccc1)C(=O)N[C@H]1CCCNC1)c1ccc(Cl)cc1. The number of hydrogen-bond acceptors (Lipinski definition) is 3. The Balaban J connectivity index is 1.70. The number of benzene rings is 2. The van der Waals surface area contributed by atoms with E-state index in [1.54, 1.807) is 24.3 Å². The molecule has 2 atom stereocenters. The number of piperidine rings is 1. The van der Waals surface area contributed by atoms with E-state index in [1.165, 1.54) is 0 Å². The van der Waals surface area contributed by atoms with E-state index in [0.717, 1.165) is 31.5 Å². The molecule has 27 heavy (non-hydrogen) atoms. The zero-order valence-corrected chi connectivity index (χ0v) is 15.8. The fourth-order valence-electron chi connectivity index (χ4n) is 3.18. The average molecular weight is 386 g/mol. The Hall–Kier alpha value is -2.37. The molecule has 2 amide bonds. The van der Waals surface area contributed by atoms with Crippen LogP contribution >= 0.6 is 11.6 Å². The number of nitrogens with one attached hydrogen (secondary N) is 3. The molecule has 1 heterocycles. The molecule has 2 aromatic rings. The van der Waals surface area contributed by atoms with E-state index in [1.807, 2.05) is 30.3 Å². The predicted molar refractivity (Wildman–Crippen MR) is 107 cm³/mol. The van der Waals surface area contributed by atoms with Gasteiger partial charge in [0.2, 0.25) is 5.91 Å². The van der Waals surface area contributed by atoms with E-state index < -0.39 is 6.04 Å². The number of rotatable bonds is 6. The topological polar surface area (TPSA) is 70.2 Å². The van der Waals surface area contributed by atoms with E-state index in [0.29, 0.717) is 17.0 Å². The van der Waals surface area contributed by atoms with Crippen molar-refractivity contribution < 1.29 is 9.59 Å². The van der Waals surface area contributed by atoms with Gasteiger partial charge in [0.05, 0.1) is 0 Å². The molecule has 142 valence electrons. The largest absolute Gasteiger partial charge is 0.350 e. The van der Waals surface area contributed by atoms with Crippen LogP contribution in [-0.4, -0.2) is 37.0 Å². The molecule has 0 unspecified atom stereocenters. The quantitative estimate of drug-likeness (QED) is 0.715. The van der Waals surface area contributed by atoms with Crippen molar-refractivity contribution in [1.29, 1.82) is 0 Å². The van der Waals surface area contributed by atoms with Crippen molar-refractivity contribution in [2.24, 2.45) is 0 Å². The lowest BCUT2D eigenvalue weighted by molar-refractivity contribution is -0.123. The fourth-order valence-corrected chi connectivity index (χ4v) is 3.30. The van der Waals surface area contributed by atoms with Gasteiger partial charge in [-0.05, 0) is 49.2 Å². The number of halogens is 1. The van der Waals surface area contributed by atoms with Crippen molar-refractivity contribution in [3.63, 3.8) is 0 Å². The van der Waals surface area contributed by atoms with Gasteiger partial charge in [0.15, 0.2) is 0 Å². The molecule has 0 saturated carbocycles. The molecule has 3 rings (SSSR count). The molecule has 0 radical (unpaired) electrons. The third-order valence-corrected chi connectivity index (χ3v) is 4.91. The highest BCUT2D eigenvalue weighted by molar-refractivity contribution is 6.30. The second-order valence-corrected chi connectivity index (χ2v) is 7.21. The van der Waals surface area contributed by atoms with Crippen LogP contribution in [0.1, 0.15) is 28.8 Å². The summed E-state index contributed by atoms with van der Waals surface area (Å²) in [5, 5.41) is 9.79. The maximum Gasteiger partial charge on any atom is 0.251 e.